The van der Waals surface area contributed by atoms with Crippen LogP contribution in [-0.2, 0) is 11.8 Å². The first-order valence-electron chi connectivity index (χ1n) is 11.0. The quantitative estimate of drug-likeness (QED) is 0.368. The molecule has 2 heterocycles. The number of methoxy groups -OCH3 is 1. The number of benzene rings is 2. The molecule has 6 nitrogen and oxygen atoms in total. The van der Waals surface area contributed by atoms with Crippen LogP contribution >= 0.6 is 0 Å². The number of rotatable bonds is 6. The van der Waals surface area contributed by atoms with Crippen LogP contribution in [0.1, 0.15) is 49.1 Å². The lowest BCUT2D eigenvalue weighted by Gasteiger charge is -2.19. The maximum absolute atomic E-state index is 6.04. The highest BCUT2D eigenvalue weighted by Gasteiger charge is 2.14. The molecule has 0 radical (unpaired) electrons. The first kappa shape index (κ1) is 22.5. The van der Waals surface area contributed by atoms with Gasteiger partial charge in [0, 0.05) is 24.4 Å². The first-order valence-corrected chi connectivity index (χ1v) is 11.0. The Hall–Kier alpha value is -3.67. The summed E-state index contributed by atoms with van der Waals surface area (Å²) >= 11 is 0. The second kappa shape index (κ2) is 9.06. The van der Waals surface area contributed by atoms with Gasteiger partial charge < -0.3 is 14.0 Å². The van der Waals surface area contributed by atoms with Crippen molar-refractivity contribution in [3.8, 4) is 23.1 Å². The number of aromatic nitrogens is 4. The zero-order valence-corrected chi connectivity index (χ0v) is 20.1. The van der Waals surface area contributed by atoms with E-state index in [9.17, 15) is 0 Å². The minimum atomic E-state index is 0.102. The molecule has 0 atom stereocenters. The molecule has 0 aliphatic rings. The summed E-state index contributed by atoms with van der Waals surface area (Å²) in [6, 6.07) is 16.1. The van der Waals surface area contributed by atoms with Crippen LogP contribution in [-0.4, -0.2) is 26.6 Å². The Morgan fingerprint density at radius 2 is 1.67 bits per heavy atom. The van der Waals surface area contributed by atoms with Crippen molar-refractivity contribution in [1.29, 1.82) is 0 Å². The minimum Gasteiger partial charge on any atom is -0.495 e. The second-order valence-corrected chi connectivity index (χ2v) is 9.25. The van der Waals surface area contributed by atoms with Gasteiger partial charge in [-0.25, -0.2) is 9.97 Å². The summed E-state index contributed by atoms with van der Waals surface area (Å²) in [5.74, 6) is 2.77. The molecular weight excluding hydrogens is 412 g/mol. The van der Waals surface area contributed by atoms with E-state index < -0.39 is 0 Å². The fourth-order valence-electron chi connectivity index (χ4n) is 3.65. The van der Waals surface area contributed by atoms with E-state index in [-0.39, 0.29) is 5.41 Å². The van der Waals surface area contributed by atoms with Gasteiger partial charge in [0.25, 0.3) is 0 Å². The van der Waals surface area contributed by atoms with Gasteiger partial charge in [0.05, 0.1) is 24.8 Å². The van der Waals surface area contributed by atoms with Gasteiger partial charge in [-0.05, 0) is 54.7 Å². The average molecular weight is 443 g/mol. The maximum Gasteiger partial charge on any atom is 0.222 e. The standard InChI is InChI=1S/C27H30N4O2/c1-18-13-26(33-22-10-8-21(9-11-22)27(3,4)5)30-25(29-18)15-20-7-12-23(24(14-20)32-6)31-16-19(2)28-17-31/h7-14,16-17H,15H2,1-6H3. The van der Waals surface area contributed by atoms with E-state index in [2.05, 4.69) is 53.9 Å². The van der Waals surface area contributed by atoms with Gasteiger partial charge in [0.2, 0.25) is 5.88 Å². The Morgan fingerprint density at radius 3 is 2.30 bits per heavy atom. The zero-order chi connectivity index (χ0) is 23.6. The molecule has 0 aliphatic heterocycles. The van der Waals surface area contributed by atoms with Gasteiger partial charge in [-0.3, -0.25) is 0 Å². The molecule has 0 aliphatic carbocycles. The molecule has 0 amide bonds. The summed E-state index contributed by atoms with van der Waals surface area (Å²) in [6.07, 6.45) is 4.33. The molecule has 4 rings (SSSR count). The highest BCUT2D eigenvalue weighted by Crippen LogP contribution is 2.28. The number of ether oxygens (including phenoxy) is 2. The highest BCUT2D eigenvalue weighted by atomic mass is 16.5. The molecule has 0 saturated carbocycles. The first-order chi connectivity index (χ1) is 15.7. The van der Waals surface area contributed by atoms with E-state index in [1.54, 1.807) is 13.4 Å². The Labute approximate surface area is 195 Å². The fourth-order valence-corrected chi connectivity index (χ4v) is 3.65. The van der Waals surface area contributed by atoms with Crippen molar-refractivity contribution in [3.05, 3.63) is 89.4 Å². The molecule has 2 aromatic carbocycles. The van der Waals surface area contributed by atoms with Gasteiger partial charge in [-0.1, -0.05) is 39.0 Å². The molecule has 0 bridgehead atoms. The molecule has 4 aromatic rings. The number of aryl methyl sites for hydroxylation is 2. The van der Waals surface area contributed by atoms with Crippen LogP contribution < -0.4 is 9.47 Å². The van der Waals surface area contributed by atoms with E-state index in [4.69, 9.17) is 9.47 Å². The number of nitrogens with zero attached hydrogens (tertiary/aromatic N) is 4. The third-order valence-corrected chi connectivity index (χ3v) is 5.42. The lowest BCUT2D eigenvalue weighted by molar-refractivity contribution is 0.412. The van der Waals surface area contributed by atoms with E-state index in [1.807, 2.05) is 54.9 Å². The van der Waals surface area contributed by atoms with Crippen LogP contribution in [0.2, 0.25) is 0 Å². The molecule has 2 aromatic heterocycles. The summed E-state index contributed by atoms with van der Waals surface area (Å²) in [7, 11) is 1.67. The predicted octanol–water partition coefficient (Wildman–Crippen LogP) is 5.97. The van der Waals surface area contributed by atoms with Crippen LogP contribution in [0, 0.1) is 13.8 Å². The summed E-state index contributed by atoms with van der Waals surface area (Å²) < 4.78 is 13.6. The SMILES string of the molecule is COc1cc(Cc2nc(C)cc(Oc3ccc(C(C)(C)C)cc3)n2)ccc1-n1cnc(C)c1. The molecule has 33 heavy (non-hydrogen) atoms. The van der Waals surface area contributed by atoms with E-state index >= 15 is 0 Å². The third-order valence-electron chi connectivity index (χ3n) is 5.42. The third kappa shape index (κ3) is 5.40. The Balaban J connectivity index is 1.54. The largest absolute Gasteiger partial charge is 0.495 e. The van der Waals surface area contributed by atoms with Crippen LogP contribution in [0.3, 0.4) is 0 Å². The van der Waals surface area contributed by atoms with E-state index in [0.29, 0.717) is 18.1 Å². The Kier molecular flexibility index (Phi) is 6.18. The number of hydrogen-bond acceptors (Lipinski definition) is 5. The van der Waals surface area contributed by atoms with Gasteiger partial charge in [0.15, 0.2) is 0 Å². The summed E-state index contributed by atoms with van der Waals surface area (Å²) in [6.45, 7) is 10.5. The second-order valence-electron chi connectivity index (χ2n) is 9.25. The molecular formula is C27H30N4O2. The zero-order valence-electron chi connectivity index (χ0n) is 20.1. The van der Waals surface area contributed by atoms with Crippen molar-refractivity contribution in [2.75, 3.05) is 7.11 Å². The molecule has 170 valence electrons. The van der Waals surface area contributed by atoms with Gasteiger partial charge in [0.1, 0.15) is 17.3 Å². The minimum absolute atomic E-state index is 0.102. The fraction of sp³-hybridized carbons (Fsp3) is 0.296. The van der Waals surface area contributed by atoms with Crippen LogP contribution in [0.4, 0.5) is 0 Å². The number of hydrogen-bond donors (Lipinski definition) is 0. The monoisotopic (exact) mass is 442 g/mol. The Morgan fingerprint density at radius 1 is 0.909 bits per heavy atom. The van der Waals surface area contributed by atoms with Crippen molar-refractivity contribution in [3.63, 3.8) is 0 Å². The summed E-state index contributed by atoms with van der Waals surface area (Å²) in [5.41, 5.74) is 5.17. The van der Waals surface area contributed by atoms with Crippen LogP contribution in [0.15, 0.2) is 61.1 Å². The Bertz CT molecular complexity index is 1250. The average Bonchev–Trinajstić information content (AvgIpc) is 3.19. The van der Waals surface area contributed by atoms with Crippen molar-refractivity contribution >= 4 is 0 Å². The van der Waals surface area contributed by atoms with Gasteiger partial charge in [-0.2, -0.15) is 4.98 Å². The van der Waals surface area contributed by atoms with Crippen LogP contribution in [0.25, 0.3) is 5.69 Å². The van der Waals surface area contributed by atoms with Crippen LogP contribution in [0.5, 0.6) is 17.4 Å². The lowest BCUT2D eigenvalue weighted by atomic mass is 9.87. The maximum atomic E-state index is 6.04. The smallest absolute Gasteiger partial charge is 0.222 e. The van der Waals surface area contributed by atoms with E-state index in [0.717, 1.165) is 34.1 Å². The summed E-state index contributed by atoms with van der Waals surface area (Å²) in [4.78, 5) is 13.6. The van der Waals surface area contributed by atoms with Crippen molar-refractivity contribution in [2.24, 2.45) is 0 Å². The predicted molar refractivity (Wildman–Crippen MR) is 130 cm³/mol. The number of imidazole rings is 1. The molecule has 0 unspecified atom stereocenters. The van der Waals surface area contributed by atoms with Crippen molar-refractivity contribution in [1.82, 2.24) is 19.5 Å². The lowest BCUT2D eigenvalue weighted by Crippen LogP contribution is -2.10. The topological polar surface area (TPSA) is 62.1 Å². The van der Waals surface area contributed by atoms with Crippen molar-refractivity contribution < 1.29 is 9.47 Å². The molecule has 0 fully saturated rings. The molecule has 6 heteroatoms. The highest BCUT2D eigenvalue weighted by molar-refractivity contribution is 5.49. The molecule has 0 spiro atoms. The van der Waals surface area contributed by atoms with E-state index in [1.165, 1.54) is 5.56 Å². The van der Waals surface area contributed by atoms with Gasteiger partial charge >= 0.3 is 0 Å². The molecule has 0 saturated heterocycles. The molecule has 0 N–H and O–H groups in total. The van der Waals surface area contributed by atoms with Crippen molar-refractivity contribution in [2.45, 2.75) is 46.5 Å². The normalized spacial score (nSPS) is 11.5. The summed E-state index contributed by atoms with van der Waals surface area (Å²) in [5, 5.41) is 0. The van der Waals surface area contributed by atoms with Gasteiger partial charge in [-0.15, -0.1) is 0 Å².